The Morgan fingerprint density at radius 2 is 1.30 bits per heavy atom. The van der Waals surface area contributed by atoms with E-state index in [4.69, 9.17) is 29.4 Å². The lowest BCUT2D eigenvalue weighted by molar-refractivity contribution is 0.0498. The molecular formula is C44H48N8O4. The van der Waals surface area contributed by atoms with Crippen LogP contribution in [0.2, 0.25) is 0 Å². The topological polar surface area (TPSA) is 160 Å². The molecule has 12 nitrogen and oxygen atoms in total. The minimum atomic E-state index is -0.528. The number of alkyl carbamates (subject to hydrolysis) is 2. The van der Waals surface area contributed by atoms with Gasteiger partial charge in [0.05, 0.1) is 51.0 Å². The molecule has 2 amide bonds. The van der Waals surface area contributed by atoms with Crippen LogP contribution in [0.15, 0.2) is 71.9 Å². The molecule has 3 aromatic heterocycles. The third-order valence-corrected chi connectivity index (χ3v) is 11.6. The molecule has 2 fully saturated rings. The highest BCUT2D eigenvalue weighted by Gasteiger charge is 2.83. The number of nitrogens with one attached hydrogen (secondary N) is 4. The number of amides is 2. The number of aromatic nitrogens is 6. The number of carbonyl (C=O) groups is 2. The zero-order chi connectivity index (χ0) is 39.3. The Balaban J connectivity index is 0.830. The Hall–Kier alpha value is -5.78. The number of ether oxygens (including phenoxy) is 2. The molecule has 0 spiro atoms. The number of aryl methyl sites for hydroxylation is 1. The van der Waals surface area contributed by atoms with Crippen LogP contribution in [0, 0.1) is 17.3 Å². The molecule has 12 heteroatoms. The van der Waals surface area contributed by atoms with E-state index in [-0.39, 0.29) is 23.6 Å². The number of H-pyrrole nitrogens is 2. The quantitative estimate of drug-likeness (QED) is 0.107. The van der Waals surface area contributed by atoms with Crippen molar-refractivity contribution >= 4 is 45.3 Å². The number of carbonyl (C=O) groups excluding carboxylic acids is 2. The molecule has 0 bridgehead atoms. The minimum absolute atomic E-state index is 0.0313. The fourth-order valence-corrected chi connectivity index (χ4v) is 8.42. The third kappa shape index (κ3) is 6.86. The van der Waals surface area contributed by atoms with Crippen molar-refractivity contribution in [1.82, 2.24) is 40.5 Å². The molecule has 6 aromatic rings. The van der Waals surface area contributed by atoms with Gasteiger partial charge >= 0.3 is 12.2 Å². The first-order valence-electron chi connectivity index (χ1n) is 19.5. The Bertz CT molecular complexity index is 2610. The van der Waals surface area contributed by atoms with Gasteiger partial charge in [-0.2, -0.15) is 0 Å². The molecule has 4 N–H and O–H groups in total. The fourth-order valence-electron chi connectivity index (χ4n) is 8.42. The van der Waals surface area contributed by atoms with Crippen molar-refractivity contribution in [2.24, 2.45) is 17.3 Å². The summed E-state index contributed by atoms with van der Waals surface area (Å²) in [6, 6.07) is 18.8. The van der Waals surface area contributed by atoms with E-state index in [1.54, 1.807) is 0 Å². The summed E-state index contributed by atoms with van der Waals surface area (Å²) in [4.78, 5) is 51.0. The molecule has 5 unspecified atom stereocenters. The summed E-state index contributed by atoms with van der Waals surface area (Å²) in [5, 5.41) is 6.01. The number of hydrogen-bond acceptors (Lipinski definition) is 8. The summed E-state index contributed by atoms with van der Waals surface area (Å²) in [5.41, 5.74) is 10.8. The summed E-state index contributed by atoms with van der Waals surface area (Å²) in [5.74, 6) is 2.84. The molecule has 0 saturated heterocycles. The maximum absolute atomic E-state index is 12.2. The maximum atomic E-state index is 12.2. The molecule has 56 heavy (non-hydrogen) atoms. The van der Waals surface area contributed by atoms with Crippen LogP contribution in [-0.2, 0) is 22.3 Å². The second-order valence-corrected chi connectivity index (χ2v) is 17.9. The van der Waals surface area contributed by atoms with Gasteiger partial charge in [0.25, 0.3) is 0 Å². The standard InChI is InChI=1S/C44H48N8O4/c1-22-26(38(22)51-40(53)55-42(2,3)4)12-16-35-47-29-15-11-25(19-33(29)49-35)34-21-45-31-17-23(9-13-28(31)46-34)24-10-14-30-32(18-24)50-36(48-30)20-27-37-39(44(27,37)8)52-41(54)56-43(5,6)7/h9-11,13-15,17-19,21,27,37-39H,12,16,20H2,1-8H3,(H,47,49)(H,48,50)(H,51,53)(H,52,54). The Kier molecular flexibility index (Phi) is 8.09. The average molecular weight is 753 g/mol. The SMILES string of the molecule is CC1=C(CCc2nc3ccc(-c4cnc5cc(-c6ccc7nc(CC8C9C(NC(=O)OC(C)(C)C)C89C)[nH]c7c6)ccc5n4)cc3[nH]2)C1NC(=O)OC(C)(C)C. The van der Waals surface area contributed by atoms with E-state index in [2.05, 4.69) is 63.9 Å². The van der Waals surface area contributed by atoms with E-state index in [0.717, 1.165) is 86.4 Å². The van der Waals surface area contributed by atoms with Crippen LogP contribution in [0.1, 0.15) is 73.5 Å². The van der Waals surface area contributed by atoms with Crippen molar-refractivity contribution in [3.63, 3.8) is 0 Å². The normalized spacial score (nSPS) is 22.6. The van der Waals surface area contributed by atoms with Gasteiger partial charge < -0.3 is 30.1 Å². The van der Waals surface area contributed by atoms with Crippen molar-refractivity contribution in [1.29, 1.82) is 0 Å². The second kappa shape index (κ2) is 12.6. The first-order valence-corrected chi connectivity index (χ1v) is 19.5. The highest BCUT2D eigenvalue weighted by molar-refractivity contribution is 5.88. The number of rotatable bonds is 9. The van der Waals surface area contributed by atoms with Crippen LogP contribution < -0.4 is 10.6 Å². The number of hydrogen-bond donors (Lipinski definition) is 4. The van der Waals surface area contributed by atoms with Crippen LogP contribution in [0.4, 0.5) is 9.59 Å². The number of nitrogens with zero attached hydrogens (tertiary/aromatic N) is 4. The summed E-state index contributed by atoms with van der Waals surface area (Å²) in [6.07, 6.45) is 3.50. The van der Waals surface area contributed by atoms with Crippen molar-refractivity contribution in [2.45, 2.75) is 97.9 Å². The number of aromatic amines is 2. The van der Waals surface area contributed by atoms with Crippen molar-refractivity contribution in [3.8, 4) is 22.4 Å². The lowest BCUT2D eigenvalue weighted by Crippen LogP contribution is -2.39. The molecule has 3 aromatic carbocycles. The molecule has 288 valence electrons. The van der Waals surface area contributed by atoms with Gasteiger partial charge in [-0.25, -0.2) is 24.5 Å². The zero-order valence-corrected chi connectivity index (χ0v) is 33.1. The predicted octanol–water partition coefficient (Wildman–Crippen LogP) is 8.57. The minimum Gasteiger partial charge on any atom is -0.444 e. The molecule has 5 atom stereocenters. The number of benzene rings is 3. The maximum Gasteiger partial charge on any atom is 0.408 e. The summed E-state index contributed by atoms with van der Waals surface area (Å²) < 4.78 is 10.9. The first-order chi connectivity index (χ1) is 26.5. The Labute approximate surface area is 325 Å². The van der Waals surface area contributed by atoms with E-state index in [1.165, 1.54) is 11.1 Å². The van der Waals surface area contributed by atoms with Gasteiger partial charge in [0.15, 0.2) is 0 Å². The van der Waals surface area contributed by atoms with E-state index in [1.807, 2.05) is 72.9 Å². The van der Waals surface area contributed by atoms with E-state index < -0.39 is 17.3 Å². The van der Waals surface area contributed by atoms with E-state index in [0.29, 0.717) is 11.8 Å². The van der Waals surface area contributed by atoms with E-state index in [9.17, 15) is 9.59 Å². The lowest BCUT2D eigenvalue weighted by Gasteiger charge is -2.22. The largest absolute Gasteiger partial charge is 0.444 e. The van der Waals surface area contributed by atoms with Gasteiger partial charge in [-0.05, 0) is 131 Å². The smallest absolute Gasteiger partial charge is 0.408 e. The van der Waals surface area contributed by atoms with Crippen molar-refractivity contribution < 1.29 is 19.1 Å². The van der Waals surface area contributed by atoms with Gasteiger partial charge in [0.1, 0.15) is 22.9 Å². The van der Waals surface area contributed by atoms with Gasteiger partial charge in [0.2, 0.25) is 0 Å². The van der Waals surface area contributed by atoms with Crippen LogP contribution in [0.5, 0.6) is 0 Å². The Morgan fingerprint density at radius 1 is 0.732 bits per heavy atom. The molecule has 0 aliphatic heterocycles. The van der Waals surface area contributed by atoms with Gasteiger partial charge in [-0.1, -0.05) is 25.1 Å². The molecule has 3 aliphatic carbocycles. The molecule has 0 radical (unpaired) electrons. The average Bonchev–Trinajstić information content (AvgIpc) is 3.91. The third-order valence-electron chi connectivity index (χ3n) is 11.6. The van der Waals surface area contributed by atoms with Gasteiger partial charge in [0, 0.05) is 24.4 Å². The molecule has 3 aliphatic rings. The second-order valence-electron chi connectivity index (χ2n) is 17.9. The molecular weight excluding hydrogens is 705 g/mol. The monoisotopic (exact) mass is 752 g/mol. The highest BCUT2D eigenvalue weighted by atomic mass is 16.6. The molecule has 9 rings (SSSR count). The molecule has 3 heterocycles. The van der Waals surface area contributed by atoms with Crippen LogP contribution >= 0.6 is 0 Å². The van der Waals surface area contributed by atoms with Crippen molar-refractivity contribution in [2.75, 3.05) is 0 Å². The first kappa shape index (κ1) is 35.9. The fraction of sp³-hybridized carbons (Fsp3) is 0.409. The zero-order valence-electron chi connectivity index (χ0n) is 33.1. The van der Waals surface area contributed by atoms with Gasteiger partial charge in [-0.3, -0.25) is 4.98 Å². The van der Waals surface area contributed by atoms with E-state index >= 15 is 0 Å². The summed E-state index contributed by atoms with van der Waals surface area (Å²) in [6.45, 7) is 15.5. The van der Waals surface area contributed by atoms with Gasteiger partial charge in [-0.15, -0.1) is 0 Å². The number of imidazole rings is 2. The van der Waals surface area contributed by atoms with Crippen LogP contribution in [0.3, 0.4) is 0 Å². The highest BCUT2D eigenvalue weighted by Crippen LogP contribution is 2.80. The molecule has 2 saturated carbocycles. The summed E-state index contributed by atoms with van der Waals surface area (Å²) >= 11 is 0. The number of fused-ring (bicyclic) bond motifs is 4. The van der Waals surface area contributed by atoms with Crippen molar-refractivity contribution in [3.05, 3.63) is 83.6 Å². The van der Waals surface area contributed by atoms with Crippen LogP contribution in [-0.4, -0.2) is 65.4 Å². The predicted molar refractivity (Wildman–Crippen MR) is 216 cm³/mol. The van der Waals surface area contributed by atoms with Crippen LogP contribution in [0.25, 0.3) is 55.5 Å². The lowest BCUT2D eigenvalue weighted by atomic mass is 10.00. The summed E-state index contributed by atoms with van der Waals surface area (Å²) in [7, 11) is 0. The Morgan fingerprint density at radius 3 is 1.98 bits per heavy atom.